The molecule has 5 aliphatic heterocycles. The summed E-state index contributed by atoms with van der Waals surface area (Å²) in [6, 6.07) is 14.8. The van der Waals surface area contributed by atoms with Crippen LogP contribution in [-0.4, -0.2) is 94.7 Å². The molecule has 0 amide bonds. The number of ether oxygens (including phenoxy) is 3. The van der Waals surface area contributed by atoms with Crippen molar-refractivity contribution < 1.29 is 37.4 Å². The lowest BCUT2D eigenvalue weighted by molar-refractivity contribution is 0.107. The monoisotopic (exact) mass is 761 g/mol. The van der Waals surface area contributed by atoms with E-state index in [0.717, 1.165) is 37.8 Å². The second-order valence-corrected chi connectivity index (χ2v) is 15.8. The topological polar surface area (TPSA) is 112 Å². The lowest BCUT2D eigenvalue weighted by atomic mass is 9.80. The number of rotatable bonds is 8. The van der Waals surface area contributed by atoms with Crippen molar-refractivity contribution in [2.24, 2.45) is 0 Å². The van der Waals surface area contributed by atoms with Crippen LogP contribution in [0.1, 0.15) is 43.2 Å². The number of alkyl halides is 1. The minimum atomic E-state index is -1.60. The van der Waals surface area contributed by atoms with Gasteiger partial charge in [0.25, 0.3) is 0 Å². The zero-order valence-corrected chi connectivity index (χ0v) is 30.5. The van der Waals surface area contributed by atoms with Crippen molar-refractivity contribution in [1.29, 1.82) is 0 Å². The van der Waals surface area contributed by atoms with Gasteiger partial charge in [-0.05, 0) is 78.5 Å². The Morgan fingerprint density at radius 1 is 1.02 bits per heavy atom. The van der Waals surface area contributed by atoms with Gasteiger partial charge in [0.2, 0.25) is 0 Å². The van der Waals surface area contributed by atoms with Crippen LogP contribution in [0.2, 0.25) is 0 Å². The van der Waals surface area contributed by atoms with Crippen molar-refractivity contribution >= 4 is 40.1 Å². The van der Waals surface area contributed by atoms with Crippen molar-refractivity contribution in [3.05, 3.63) is 77.4 Å². The highest BCUT2D eigenvalue weighted by Crippen LogP contribution is 2.47. The first-order valence-electron chi connectivity index (χ1n) is 19.2. The molecule has 1 aromatic heterocycles. The smallest absolute Gasteiger partial charge is 0.488 e. The molecule has 10 rings (SSSR count). The average molecular weight is 762 g/mol. The molecule has 6 heterocycles. The van der Waals surface area contributed by atoms with Crippen molar-refractivity contribution in [1.82, 2.24) is 20.2 Å². The normalized spacial score (nSPS) is 25.1. The summed E-state index contributed by atoms with van der Waals surface area (Å²) in [6.45, 7) is 2.42. The van der Waals surface area contributed by atoms with Crippen molar-refractivity contribution in [3.63, 3.8) is 0 Å². The molecule has 5 aromatic rings. The van der Waals surface area contributed by atoms with E-state index in [9.17, 15) is 14.4 Å². The summed E-state index contributed by atoms with van der Waals surface area (Å²) in [4.78, 5) is 14.0. The van der Waals surface area contributed by atoms with Gasteiger partial charge in [0.1, 0.15) is 54.6 Å². The van der Waals surface area contributed by atoms with E-state index in [4.69, 9.17) is 30.6 Å². The Morgan fingerprint density at radius 3 is 2.70 bits per heavy atom. The molecule has 5 atom stereocenters. The third-order valence-corrected chi connectivity index (χ3v) is 12.5. The fourth-order valence-electron chi connectivity index (χ4n) is 9.75. The van der Waals surface area contributed by atoms with E-state index < -0.39 is 30.5 Å². The number of hydrogen-bond acceptors (Lipinski definition) is 10. The van der Waals surface area contributed by atoms with E-state index in [1.54, 1.807) is 48.5 Å². The summed E-state index contributed by atoms with van der Waals surface area (Å²) in [5.41, 5.74) is 0.960. The van der Waals surface area contributed by atoms with Gasteiger partial charge in [0, 0.05) is 42.5 Å². The molecule has 5 aliphatic rings. The molecule has 0 unspecified atom stereocenters. The van der Waals surface area contributed by atoms with Gasteiger partial charge in [0.15, 0.2) is 5.82 Å². The van der Waals surface area contributed by atoms with E-state index in [-0.39, 0.29) is 59.6 Å². The Hall–Kier alpha value is -5.07. The lowest BCUT2D eigenvalue weighted by Crippen LogP contribution is -2.60. The molecule has 0 aliphatic carbocycles. The number of halogens is 3. The zero-order chi connectivity index (χ0) is 38.3. The van der Waals surface area contributed by atoms with Crippen molar-refractivity contribution in [2.75, 3.05) is 37.7 Å². The SMILES string of the molecule is C#Cc1c(F)ccc2cc(OCc3ccc(B(O)O)cc3)cc(-c3cc4c5c(nc(OC[C@@]67CCCN6C[C@H](F)C7)nc5c3F)N3C[C@H]5CC[C@H](N5)[C@H]3CO4)c12. The third-order valence-electron chi connectivity index (χ3n) is 12.5. The first kappa shape index (κ1) is 35.4. The summed E-state index contributed by atoms with van der Waals surface area (Å²) < 4.78 is 66.9. The molecular weight excluding hydrogens is 722 g/mol. The van der Waals surface area contributed by atoms with Gasteiger partial charge in [-0.25, -0.2) is 13.2 Å². The Labute approximate surface area is 321 Å². The summed E-state index contributed by atoms with van der Waals surface area (Å²) in [6.07, 6.45) is 9.05. The highest BCUT2D eigenvalue weighted by atomic mass is 19.1. The Kier molecular flexibility index (Phi) is 8.56. The number of anilines is 1. The number of benzene rings is 4. The van der Waals surface area contributed by atoms with Crippen LogP contribution in [0.5, 0.6) is 17.5 Å². The Morgan fingerprint density at radius 2 is 1.88 bits per heavy atom. The molecular formula is C42H39BF3N5O5. The molecule has 56 heavy (non-hydrogen) atoms. The summed E-state index contributed by atoms with van der Waals surface area (Å²) in [7, 11) is -1.60. The molecule has 14 heteroatoms. The Balaban J connectivity index is 1.12. The fraction of sp³-hybridized carbons (Fsp3) is 0.381. The predicted octanol–water partition coefficient (Wildman–Crippen LogP) is 4.63. The van der Waals surface area contributed by atoms with Crippen LogP contribution >= 0.6 is 0 Å². The second-order valence-electron chi connectivity index (χ2n) is 15.8. The van der Waals surface area contributed by atoms with E-state index in [2.05, 4.69) is 21.0 Å². The van der Waals surface area contributed by atoms with Gasteiger partial charge in [-0.15, -0.1) is 6.42 Å². The summed E-state index contributed by atoms with van der Waals surface area (Å²) >= 11 is 0. The molecule has 0 spiro atoms. The number of terminal acetylenes is 1. The molecule has 4 fully saturated rings. The van der Waals surface area contributed by atoms with Crippen LogP contribution in [0, 0.1) is 24.0 Å². The van der Waals surface area contributed by atoms with E-state index >= 15 is 8.78 Å². The van der Waals surface area contributed by atoms with Gasteiger partial charge in [-0.3, -0.25) is 4.90 Å². The van der Waals surface area contributed by atoms with E-state index in [0.29, 0.717) is 65.1 Å². The molecule has 0 radical (unpaired) electrons. The largest absolute Gasteiger partial charge is 0.491 e. The van der Waals surface area contributed by atoms with Crippen LogP contribution < -0.4 is 29.9 Å². The van der Waals surface area contributed by atoms with E-state index in [1.807, 2.05) is 0 Å². The predicted molar refractivity (Wildman–Crippen MR) is 206 cm³/mol. The van der Waals surface area contributed by atoms with Gasteiger partial charge < -0.3 is 34.5 Å². The standard InChI is InChI=1S/C42H39BF3N5O5/c1-2-29-32(45)10-6-24-14-28(54-20-23-4-7-25(8-5-23)43(52)53)15-30(36(24)29)31-16-35-37-39(38(31)46)48-41(56-22-42-12-3-13-50(42)18-26(44)17-42)49-40(37)51-19-27-9-11-33(47-27)34(51)21-55-35/h1,4-8,10,14-16,26-27,33-34,47,52-53H,3,9,11-13,17-22H2/t26-,27-,33+,34-,42+/m1/s1. The van der Waals surface area contributed by atoms with Gasteiger partial charge in [-0.2, -0.15) is 9.97 Å². The van der Waals surface area contributed by atoms with Gasteiger partial charge in [0.05, 0.1) is 22.5 Å². The average Bonchev–Trinajstić information content (AvgIpc) is 3.84. The third kappa shape index (κ3) is 5.83. The number of piperazine rings is 1. The van der Waals surface area contributed by atoms with Crippen molar-refractivity contribution in [3.8, 4) is 41.0 Å². The molecule has 2 bridgehead atoms. The van der Waals surface area contributed by atoms with E-state index in [1.165, 1.54) is 6.07 Å². The van der Waals surface area contributed by atoms with Crippen LogP contribution in [-0.2, 0) is 6.61 Å². The summed E-state index contributed by atoms with van der Waals surface area (Å²) in [5.74, 6) is 2.44. The zero-order valence-electron chi connectivity index (χ0n) is 30.5. The quantitative estimate of drug-likeness (QED) is 0.153. The fourth-order valence-corrected chi connectivity index (χ4v) is 9.75. The molecule has 3 N–H and O–H groups in total. The first-order chi connectivity index (χ1) is 27.2. The van der Waals surface area contributed by atoms with Gasteiger partial charge >= 0.3 is 13.1 Å². The number of aromatic nitrogens is 2. The van der Waals surface area contributed by atoms with Crippen LogP contribution in [0.3, 0.4) is 0 Å². The lowest BCUT2D eigenvalue weighted by Gasteiger charge is -2.40. The second kappa shape index (κ2) is 13.6. The summed E-state index contributed by atoms with van der Waals surface area (Å²) in [5, 5.41) is 24.0. The minimum Gasteiger partial charge on any atom is -0.491 e. The maximum Gasteiger partial charge on any atom is 0.488 e. The Bertz CT molecular complexity index is 2430. The van der Waals surface area contributed by atoms with Gasteiger partial charge in [-0.1, -0.05) is 36.3 Å². The highest BCUT2D eigenvalue weighted by molar-refractivity contribution is 6.58. The molecule has 286 valence electrons. The molecule has 4 saturated heterocycles. The minimum absolute atomic E-state index is 0.00148. The highest BCUT2D eigenvalue weighted by Gasteiger charge is 2.50. The number of nitrogens with one attached hydrogen (secondary N) is 1. The first-order valence-corrected chi connectivity index (χ1v) is 19.2. The van der Waals surface area contributed by atoms with Crippen LogP contribution in [0.4, 0.5) is 19.0 Å². The molecule has 0 saturated carbocycles. The number of nitrogens with zero attached hydrogens (tertiary/aromatic N) is 4. The maximum absolute atomic E-state index is 17.6. The maximum atomic E-state index is 17.6. The van der Waals surface area contributed by atoms with Crippen molar-refractivity contribution in [2.45, 2.75) is 68.5 Å². The number of hydrogen-bond donors (Lipinski definition) is 3. The molecule has 10 nitrogen and oxygen atoms in total. The van der Waals surface area contributed by atoms with Crippen LogP contribution in [0.25, 0.3) is 32.8 Å². The molecule has 4 aromatic carbocycles. The van der Waals surface area contributed by atoms with Crippen LogP contribution in [0.15, 0.2) is 54.6 Å². The number of fused-ring (bicyclic) bond motifs is 7.